The smallest absolute Gasteiger partial charge is 0.287 e. The van der Waals surface area contributed by atoms with Crippen LogP contribution in [-0.4, -0.2) is 108 Å². The first-order valence-corrected chi connectivity index (χ1v) is 18.7. The molecular weight excluding hydrogens is 669 g/mol. The van der Waals surface area contributed by atoms with Crippen molar-refractivity contribution in [3.63, 3.8) is 0 Å². The van der Waals surface area contributed by atoms with Crippen LogP contribution in [0.15, 0.2) is 72.8 Å². The van der Waals surface area contributed by atoms with Crippen molar-refractivity contribution < 1.29 is 19.1 Å². The minimum absolute atomic E-state index is 0.0190. The zero-order valence-corrected chi connectivity index (χ0v) is 30.8. The number of nitrogens with one attached hydrogen (secondary N) is 2. The Morgan fingerprint density at radius 3 is 2.09 bits per heavy atom. The summed E-state index contributed by atoms with van der Waals surface area (Å²) in [6, 6.07) is 24.0. The van der Waals surface area contributed by atoms with Crippen LogP contribution in [0.5, 0.6) is 0 Å². The molecule has 0 atom stereocenters. The van der Waals surface area contributed by atoms with Gasteiger partial charge in [0, 0.05) is 95.0 Å². The van der Waals surface area contributed by atoms with Crippen molar-refractivity contribution in [2.24, 2.45) is 0 Å². The number of fused-ring (bicyclic) bond motifs is 2. The second-order valence-electron chi connectivity index (χ2n) is 15.0. The van der Waals surface area contributed by atoms with Gasteiger partial charge in [-0.05, 0) is 79.4 Å². The largest absolute Gasteiger partial charge is 0.377 e. The molecule has 4 aliphatic rings. The molecule has 0 bridgehead atoms. The SMILES string of the molecule is Cc1nc(C(=O)NCc2ccc(NC(=O)c3ccc(N4CCN(C5CC5)CC4)cc3)cc2)n2c1C1(COC1)N(Cc1ccc(C(=O)N(C)C)cc1)CC2. The number of ether oxygens (including phenoxy) is 1. The number of anilines is 2. The fraction of sp³-hybridized carbons (Fsp3) is 0.415. The fourth-order valence-corrected chi connectivity index (χ4v) is 7.99. The molecule has 12 nitrogen and oxygen atoms in total. The van der Waals surface area contributed by atoms with Crippen LogP contribution in [0.4, 0.5) is 11.4 Å². The first-order chi connectivity index (χ1) is 25.7. The van der Waals surface area contributed by atoms with Crippen LogP contribution in [0.1, 0.15) is 66.7 Å². The lowest BCUT2D eigenvalue weighted by molar-refractivity contribution is -0.163. The van der Waals surface area contributed by atoms with Gasteiger partial charge in [0.1, 0.15) is 5.54 Å². The van der Waals surface area contributed by atoms with Crippen molar-refractivity contribution in [3.8, 4) is 0 Å². The minimum Gasteiger partial charge on any atom is -0.377 e. The van der Waals surface area contributed by atoms with Crippen LogP contribution in [0.25, 0.3) is 0 Å². The third kappa shape index (κ3) is 7.06. The van der Waals surface area contributed by atoms with Crippen LogP contribution < -0.4 is 15.5 Å². The number of imidazole rings is 1. The number of rotatable bonds is 10. The van der Waals surface area contributed by atoms with Gasteiger partial charge in [0.05, 0.1) is 24.6 Å². The van der Waals surface area contributed by atoms with E-state index in [1.807, 2.05) is 79.7 Å². The van der Waals surface area contributed by atoms with Gasteiger partial charge in [-0.15, -0.1) is 0 Å². The lowest BCUT2D eigenvalue weighted by atomic mass is 9.86. The van der Waals surface area contributed by atoms with E-state index >= 15 is 0 Å². The van der Waals surface area contributed by atoms with Crippen molar-refractivity contribution in [1.29, 1.82) is 0 Å². The number of amides is 3. The fourth-order valence-electron chi connectivity index (χ4n) is 7.99. The summed E-state index contributed by atoms with van der Waals surface area (Å²) in [5.41, 5.74) is 6.66. The predicted molar refractivity (Wildman–Crippen MR) is 203 cm³/mol. The molecule has 12 heteroatoms. The molecule has 4 aromatic rings. The maximum absolute atomic E-state index is 13.5. The number of hydrogen-bond acceptors (Lipinski definition) is 8. The molecule has 1 aliphatic carbocycles. The molecule has 276 valence electrons. The van der Waals surface area contributed by atoms with Gasteiger partial charge in [0.2, 0.25) is 0 Å². The Morgan fingerprint density at radius 1 is 0.811 bits per heavy atom. The van der Waals surface area contributed by atoms with Crippen LogP contribution in [0, 0.1) is 6.92 Å². The molecule has 0 radical (unpaired) electrons. The zero-order valence-electron chi connectivity index (χ0n) is 30.8. The number of aromatic nitrogens is 2. The first kappa shape index (κ1) is 35.0. The van der Waals surface area contributed by atoms with Crippen molar-refractivity contribution in [1.82, 2.24) is 29.6 Å². The Balaban J connectivity index is 0.858. The molecule has 3 fully saturated rings. The van der Waals surface area contributed by atoms with E-state index in [0.717, 1.165) is 67.0 Å². The summed E-state index contributed by atoms with van der Waals surface area (Å²) in [6.45, 7) is 9.68. The van der Waals surface area contributed by atoms with Crippen LogP contribution in [0.3, 0.4) is 0 Å². The van der Waals surface area contributed by atoms with Crippen molar-refractivity contribution in [2.75, 3.05) is 70.2 Å². The number of hydrogen-bond donors (Lipinski definition) is 2. The Bertz CT molecular complexity index is 1970. The minimum atomic E-state index is -0.362. The number of benzene rings is 3. The molecule has 1 saturated carbocycles. The average Bonchev–Trinajstić information content (AvgIpc) is 3.96. The molecule has 8 rings (SSSR count). The van der Waals surface area contributed by atoms with Crippen molar-refractivity contribution in [3.05, 3.63) is 112 Å². The van der Waals surface area contributed by atoms with E-state index in [9.17, 15) is 14.4 Å². The van der Waals surface area contributed by atoms with E-state index in [1.165, 1.54) is 12.8 Å². The Labute approximate surface area is 310 Å². The van der Waals surface area contributed by atoms with Gasteiger partial charge in [-0.1, -0.05) is 24.3 Å². The maximum atomic E-state index is 13.5. The number of carbonyl (C=O) groups is 3. The second-order valence-corrected chi connectivity index (χ2v) is 15.0. The summed E-state index contributed by atoms with van der Waals surface area (Å²) in [4.78, 5) is 52.7. The van der Waals surface area contributed by atoms with Crippen LogP contribution >= 0.6 is 0 Å². The Morgan fingerprint density at radius 2 is 1.47 bits per heavy atom. The molecule has 2 saturated heterocycles. The maximum Gasteiger partial charge on any atom is 0.287 e. The predicted octanol–water partition coefficient (Wildman–Crippen LogP) is 4.10. The summed E-state index contributed by atoms with van der Waals surface area (Å²) >= 11 is 0. The van der Waals surface area contributed by atoms with E-state index in [1.54, 1.807) is 19.0 Å². The number of piperazine rings is 1. The van der Waals surface area contributed by atoms with Crippen LogP contribution in [0.2, 0.25) is 0 Å². The normalized spacial score (nSPS) is 18.3. The molecule has 1 spiro atoms. The first-order valence-electron chi connectivity index (χ1n) is 18.7. The van der Waals surface area contributed by atoms with Crippen LogP contribution in [-0.2, 0) is 29.9 Å². The van der Waals surface area contributed by atoms with Crippen molar-refractivity contribution >= 4 is 29.1 Å². The number of carbonyl (C=O) groups excluding carboxylic acids is 3. The average molecular weight is 717 g/mol. The number of nitrogens with zero attached hydrogens (tertiary/aromatic N) is 6. The van der Waals surface area contributed by atoms with E-state index < -0.39 is 0 Å². The summed E-state index contributed by atoms with van der Waals surface area (Å²) in [5, 5.41) is 6.05. The van der Waals surface area contributed by atoms with Gasteiger partial charge in [-0.3, -0.25) is 24.2 Å². The zero-order chi connectivity index (χ0) is 36.7. The van der Waals surface area contributed by atoms with E-state index in [0.29, 0.717) is 55.5 Å². The summed E-state index contributed by atoms with van der Waals surface area (Å²) in [7, 11) is 3.50. The summed E-state index contributed by atoms with van der Waals surface area (Å²) < 4.78 is 7.84. The Hall–Kier alpha value is -5.04. The van der Waals surface area contributed by atoms with Gasteiger partial charge in [-0.2, -0.15) is 0 Å². The summed E-state index contributed by atoms with van der Waals surface area (Å²) in [5.74, 6) is 0.00747. The van der Waals surface area contributed by atoms with Crippen molar-refractivity contribution in [2.45, 2.75) is 51.0 Å². The van der Waals surface area contributed by atoms with E-state index in [4.69, 9.17) is 9.72 Å². The van der Waals surface area contributed by atoms with Gasteiger partial charge in [-0.25, -0.2) is 4.98 Å². The molecule has 0 unspecified atom stereocenters. The molecule has 2 N–H and O–H groups in total. The molecule has 4 heterocycles. The molecule has 3 aliphatic heterocycles. The molecule has 3 amide bonds. The third-order valence-corrected chi connectivity index (χ3v) is 11.2. The van der Waals surface area contributed by atoms with Gasteiger partial charge in [0.15, 0.2) is 5.82 Å². The molecule has 3 aromatic carbocycles. The highest BCUT2D eigenvalue weighted by Gasteiger charge is 2.51. The standard InChI is InChI=1S/C41H48N8O4/c1-28-36-41(26-53-27-41)48(25-30-4-8-32(9-5-30)40(52)45(2)3)22-23-49(36)37(43-28)39(51)42-24-29-6-12-33(13-7-29)44-38(50)31-10-14-34(15-11-31)46-18-20-47(21-19-46)35-16-17-35/h4-15,35H,16-27H2,1-3H3,(H,42,51)(H,44,50). The van der Waals surface area contributed by atoms with Gasteiger partial charge >= 0.3 is 0 Å². The van der Waals surface area contributed by atoms with Gasteiger partial charge in [0.25, 0.3) is 17.7 Å². The van der Waals surface area contributed by atoms with Gasteiger partial charge < -0.3 is 29.7 Å². The highest BCUT2D eigenvalue weighted by molar-refractivity contribution is 6.04. The molecule has 53 heavy (non-hydrogen) atoms. The third-order valence-electron chi connectivity index (χ3n) is 11.2. The summed E-state index contributed by atoms with van der Waals surface area (Å²) in [6.07, 6.45) is 2.69. The van der Waals surface area contributed by atoms with E-state index in [2.05, 4.69) is 29.9 Å². The molecular formula is C41H48N8O4. The highest BCUT2D eigenvalue weighted by Crippen LogP contribution is 2.42. The van der Waals surface area contributed by atoms with E-state index in [-0.39, 0.29) is 23.3 Å². The topological polar surface area (TPSA) is 115 Å². The second kappa shape index (κ2) is 14.4. The number of aryl methyl sites for hydroxylation is 1. The monoisotopic (exact) mass is 716 g/mol. The lowest BCUT2D eigenvalue weighted by Crippen LogP contribution is -2.63. The Kier molecular flexibility index (Phi) is 9.52. The lowest BCUT2D eigenvalue weighted by Gasteiger charge is -2.52. The quantitative estimate of drug-likeness (QED) is 0.252. The highest BCUT2D eigenvalue weighted by atomic mass is 16.5. The molecule has 1 aromatic heterocycles.